The molecule has 1 aliphatic heterocycles. The van der Waals surface area contributed by atoms with Crippen molar-refractivity contribution in [3.63, 3.8) is 0 Å². The fourth-order valence-electron chi connectivity index (χ4n) is 2.47. The lowest BCUT2D eigenvalue weighted by Crippen LogP contribution is -2.49. The van der Waals surface area contributed by atoms with E-state index in [1.54, 1.807) is 4.90 Å². The number of hydrogen-bond donors (Lipinski definition) is 2. The summed E-state index contributed by atoms with van der Waals surface area (Å²) < 4.78 is 0. The number of carboxylic acids is 1. The van der Waals surface area contributed by atoms with E-state index in [4.69, 9.17) is 10.8 Å². The Balaban J connectivity index is 2.49. The molecule has 5 nitrogen and oxygen atoms in total. The summed E-state index contributed by atoms with van der Waals surface area (Å²) in [7, 11) is 0. The van der Waals surface area contributed by atoms with Gasteiger partial charge in [0.2, 0.25) is 5.91 Å². The number of carbonyl (C=O) groups is 2. The quantitative estimate of drug-likeness (QED) is 0.770. The van der Waals surface area contributed by atoms with E-state index in [0.29, 0.717) is 31.8 Å². The summed E-state index contributed by atoms with van der Waals surface area (Å²) in [6, 6.07) is -0.0198. The molecule has 3 N–H and O–H groups in total. The molecule has 0 aromatic carbocycles. The molecule has 1 amide bonds. The number of nitrogens with zero attached hydrogens (tertiary/aromatic N) is 1. The summed E-state index contributed by atoms with van der Waals surface area (Å²) in [6.45, 7) is 5.30. The predicted molar refractivity (Wildman–Crippen MR) is 69.0 cm³/mol. The molecule has 1 saturated heterocycles. The number of carbonyl (C=O) groups excluding carboxylic acids is 1. The second-order valence-corrected chi connectivity index (χ2v) is 5.69. The minimum atomic E-state index is -0.783. The Morgan fingerprint density at radius 1 is 1.39 bits per heavy atom. The molecule has 1 heterocycles. The molecule has 18 heavy (non-hydrogen) atoms. The van der Waals surface area contributed by atoms with Crippen molar-refractivity contribution < 1.29 is 14.7 Å². The number of hydrogen-bond acceptors (Lipinski definition) is 3. The molecule has 1 rings (SSSR count). The van der Waals surface area contributed by atoms with Gasteiger partial charge in [0.1, 0.15) is 0 Å². The molecule has 0 bridgehead atoms. The molecule has 0 spiro atoms. The maximum Gasteiger partial charge on any atom is 0.303 e. The highest BCUT2D eigenvalue weighted by Gasteiger charge is 2.28. The monoisotopic (exact) mass is 256 g/mol. The zero-order valence-electron chi connectivity index (χ0n) is 11.3. The average molecular weight is 256 g/mol. The van der Waals surface area contributed by atoms with E-state index in [1.165, 1.54) is 0 Å². The van der Waals surface area contributed by atoms with E-state index >= 15 is 0 Å². The van der Waals surface area contributed by atoms with Gasteiger partial charge in [-0.1, -0.05) is 13.8 Å². The molecule has 104 valence electrons. The van der Waals surface area contributed by atoms with Crippen molar-refractivity contribution in [2.24, 2.45) is 17.6 Å². The number of piperidine rings is 1. The van der Waals surface area contributed by atoms with Crippen molar-refractivity contribution >= 4 is 11.9 Å². The van der Waals surface area contributed by atoms with Gasteiger partial charge in [-0.25, -0.2) is 0 Å². The fourth-order valence-corrected chi connectivity index (χ4v) is 2.47. The third-order valence-corrected chi connectivity index (χ3v) is 3.27. The number of carboxylic acid groups (broad SMARTS) is 1. The van der Waals surface area contributed by atoms with Crippen molar-refractivity contribution in [2.45, 2.75) is 45.6 Å². The van der Waals surface area contributed by atoms with E-state index in [9.17, 15) is 9.59 Å². The van der Waals surface area contributed by atoms with Crippen LogP contribution < -0.4 is 5.73 Å². The first-order valence-electron chi connectivity index (χ1n) is 6.63. The molecule has 1 fully saturated rings. The summed E-state index contributed by atoms with van der Waals surface area (Å²) in [5.74, 6) is -0.0799. The molecular formula is C13H24N2O3. The van der Waals surface area contributed by atoms with E-state index in [2.05, 4.69) is 0 Å². The van der Waals surface area contributed by atoms with Crippen LogP contribution in [0.15, 0.2) is 0 Å². The number of likely N-dealkylation sites (tertiary alicyclic amines) is 1. The highest BCUT2D eigenvalue weighted by molar-refractivity contribution is 5.76. The van der Waals surface area contributed by atoms with Gasteiger partial charge >= 0.3 is 5.97 Å². The minimum absolute atomic E-state index is 0.0198. The van der Waals surface area contributed by atoms with Crippen molar-refractivity contribution in [3.8, 4) is 0 Å². The van der Waals surface area contributed by atoms with Gasteiger partial charge in [0, 0.05) is 32.0 Å². The molecule has 2 unspecified atom stereocenters. The van der Waals surface area contributed by atoms with E-state index in [-0.39, 0.29) is 24.3 Å². The van der Waals surface area contributed by atoms with Crippen LogP contribution in [-0.4, -0.2) is 41.0 Å². The molecule has 5 heteroatoms. The van der Waals surface area contributed by atoms with Crippen LogP contribution in [0.1, 0.15) is 39.5 Å². The van der Waals surface area contributed by atoms with E-state index < -0.39 is 5.97 Å². The molecule has 0 aromatic rings. The Morgan fingerprint density at radius 3 is 2.61 bits per heavy atom. The van der Waals surface area contributed by atoms with Gasteiger partial charge in [-0.15, -0.1) is 0 Å². The number of aliphatic carboxylic acids is 1. The highest BCUT2D eigenvalue weighted by atomic mass is 16.4. The molecule has 0 aliphatic carbocycles. The third kappa shape index (κ3) is 5.04. The van der Waals surface area contributed by atoms with Gasteiger partial charge in [0.05, 0.1) is 0 Å². The van der Waals surface area contributed by atoms with Gasteiger partial charge in [-0.2, -0.15) is 0 Å². The molecular weight excluding hydrogens is 232 g/mol. The summed E-state index contributed by atoms with van der Waals surface area (Å²) in [5, 5.41) is 8.69. The Kier molecular flexibility index (Phi) is 5.59. The standard InChI is InChI=1S/C13H24N2O3/c1-9(2)5-12(16)15-7-10(3-4-13(17)18)6-11(14)8-15/h9-11H,3-8,14H2,1-2H3,(H,17,18). The topological polar surface area (TPSA) is 83.6 Å². The lowest BCUT2D eigenvalue weighted by molar-refractivity contribution is -0.137. The van der Waals surface area contributed by atoms with Crippen LogP contribution >= 0.6 is 0 Å². The zero-order chi connectivity index (χ0) is 13.7. The summed E-state index contributed by atoms with van der Waals surface area (Å²) in [5.41, 5.74) is 5.95. The number of rotatable bonds is 5. The SMILES string of the molecule is CC(C)CC(=O)N1CC(N)CC(CCC(=O)O)C1. The van der Waals surface area contributed by atoms with E-state index in [1.807, 2.05) is 13.8 Å². The summed E-state index contributed by atoms with van der Waals surface area (Å²) >= 11 is 0. The Morgan fingerprint density at radius 2 is 2.06 bits per heavy atom. The zero-order valence-corrected chi connectivity index (χ0v) is 11.3. The number of amides is 1. The normalized spacial score (nSPS) is 24.3. The van der Waals surface area contributed by atoms with Crippen LogP contribution in [0.25, 0.3) is 0 Å². The largest absolute Gasteiger partial charge is 0.481 e. The molecule has 2 atom stereocenters. The van der Waals surface area contributed by atoms with Gasteiger partial charge in [-0.3, -0.25) is 9.59 Å². The third-order valence-electron chi connectivity index (χ3n) is 3.27. The Bertz CT molecular complexity index is 305. The maximum atomic E-state index is 12.0. The Labute approximate surface area is 108 Å². The highest BCUT2D eigenvalue weighted by Crippen LogP contribution is 2.21. The molecule has 1 aliphatic rings. The lowest BCUT2D eigenvalue weighted by atomic mass is 9.90. The van der Waals surface area contributed by atoms with Crippen molar-refractivity contribution in [1.29, 1.82) is 0 Å². The van der Waals surface area contributed by atoms with Crippen LogP contribution in [0, 0.1) is 11.8 Å². The van der Waals surface area contributed by atoms with Gasteiger partial charge in [0.15, 0.2) is 0 Å². The molecule has 0 aromatic heterocycles. The van der Waals surface area contributed by atoms with Crippen molar-refractivity contribution in [2.75, 3.05) is 13.1 Å². The van der Waals surface area contributed by atoms with Gasteiger partial charge < -0.3 is 15.7 Å². The predicted octanol–water partition coefficient (Wildman–Crippen LogP) is 1.07. The summed E-state index contributed by atoms with van der Waals surface area (Å²) in [4.78, 5) is 24.4. The van der Waals surface area contributed by atoms with Crippen LogP contribution in [0.3, 0.4) is 0 Å². The first kappa shape index (κ1) is 15.0. The average Bonchev–Trinajstić information content (AvgIpc) is 2.24. The van der Waals surface area contributed by atoms with Crippen LogP contribution in [-0.2, 0) is 9.59 Å². The fraction of sp³-hybridized carbons (Fsp3) is 0.846. The van der Waals surface area contributed by atoms with Crippen molar-refractivity contribution in [1.82, 2.24) is 4.90 Å². The minimum Gasteiger partial charge on any atom is -0.481 e. The molecule has 0 saturated carbocycles. The first-order valence-corrected chi connectivity index (χ1v) is 6.63. The Hall–Kier alpha value is -1.10. The van der Waals surface area contributed by atoms with Crippen LogP contribution in [0.4, 0.5) is 0 Å². The number of nitrogens with two attached hydrogens (primary N) is 1. The van der Waals surface area contributed by atoms with Gasteiger partial charge in [0.25, 0.3) is 0 Å². The first-order chi connectivity index (χ1) is 8.38. The maximum absolute atomic E-state index is 12.0. The lowest BCUT2D eigenvalue weighted by Gasteiger charge is -2.36. The van der Waals surface area contributed by atoms with Crippen LogP contribution in [0.2, 0.25) is 0 Å². The second-order valence-electron chi connectivity index (χ2n) is 5.69. The van der Waals surface area contributed by atoms with Crippen molar-refractivity contribution in [3.05, 3.63) is 0 Å². The van der Waals surface area contributed by atoms with Gasteiger partial charge in [-0.05, 0) is 24.7 Å². The smallest absolute Gasteiger partial charge is 0.303 e. The molecule has 0 radical (unpaired) electrons. The second kappa shape index (κ2) is 6.73. The van der Waals surface area contributed by atoms with Crippen LogP contribution in [0.5, 0.6) is 0 Å². The summed E-state index contributed by atoms with van der Waals surface area (Å²) in [6.07, 6.45) is 2.12. The van der Waals surface area contributed by atoms with E-state index in [0.717, 1.165) is 6.42 Å².